The van der Waals surface area contributed by atoms with Crippen molar-refractivity contribution in [2.75, 3.05) is 14.7 Å². The number of para-hydroxylation sites is 6. The molecule has 12 aromatic rings. The molecule has 6 aliphatic rings. The van der Waals surface area contributed by atoms with Gasteiger partial charge in [-0.15, -0.1) is 0 Å². The van der Waals surface area contributed by atoms with Crippen molar-refractivity contribution < 1.29 is 23.4 Å². The molecule has 2 unspecified atom stereocenters. The number of ether oxygens (including phenoxy) is 4. The molecule has 0 N–H and O–H groups in total. The van der Waals surface area contributed by atoms with Gasteiger partial charge in [0.2, 0.25) is 0 Å². The molecule has 0 fully saturated rings. The monoisotopic (exact) mass is 1050 g/mol. The van der Waals surface area contributed by atoms with Crippen LogP contribution in [0.5, 0.6) is 40.2 Å². The summed E-state index contributed by atoms with van der Waals surface area (Å²) in [6.45, 7) is -0.362. The Kier molecular flexibility index (Phi) is 9.65. The molecule has 0 amide bonds. The van der Waals surface area contributed by atoms with Crippen molar-refractivity contribution >= 4 is 119 Å². The molecule has 1 aromatic heterocycles. The molecule has 82 heavy (non-hydrogen) atoms. The van der Waals surface area contributed by atoms with E-state index in [2.05, 4.69) is 239 Å². The van der Waals surface area contributed by atoms with E-state index in [1.807, 2.05) is 36.4 Å². The average molecular weight is 1050 g/mol. The van der Waals surface area contributed by atoms with E-state index in [1.165, 1.54) is 21.9 Å². The predicted octanol–water partition coefficient (Wildman–Crippen LogP) is 14.6. The second kappa shape index (κ2) is 17.5. The van der Waals surface area contributed by atoms with Crippen LogP contribution < -0.4 is 66.4 Å². The number of furan rings is 1. The van der Waals surface area contributed by atoms with Gasteiger partial charge in [0, 0.05) is 110 Å². The molecular formula is C72H45B2N3O5. The van der Waals surface area contributed by atoms with Gasteiger partial charge in [-0.3, -0.25) is 0 Å². The van der Waals surface area contributed by atoms with Crippen LogP contribution in [0.4, 0.5) is 51.2 Å². The fourth-order valence-electron chi connectivity index (χ4n) is 13.9. The van der Waals surface area contributed by atoms with Gasteiger partial charge in [-0.2, -0.15) is 0 Å². The molecule has 2 atom stereocenters. The van der Waals surface area contributed by atoms with E-state index in [9.17, 15) is 0 Å². The Hall–Kier alpha value is -10.6. The van der Waals surface area contributed by atoms with Crippen LogP contribution in [0.25, 0.3) is 21.9 Å². The standard InChI is InChI=1S/C72H45B2N3O5/c1-4-18-44(19-5-1)75-59-28-14-12-26-55(59)73-57-42-58-61(43-60(57)76(45-20-6-2-7-21-45)63-37-49(36-62(75)71(63)73)78-47-32-34-53-51-24-10-15-29-65(51)80-68(53)39-47)77(46-22-8-3-9-23-46)64-38-50(41-70-72(64)74(58)56-27-13-17-31-67(56)82-70)79-48-33-35-54-52-25-11-16-30-66(52)81-69(54)40-48/h1-43,52,66H. The molecule has 10 heteroatoms. The van der Waals surface area contributed by atoms with Crippen LogP contribution in [0.2, 0.25) is 0 Å². The molecule has 6 heterocycles. The lowest BCUT2D eigenvalue weighted by molar-refractivity contribution is 0.268. The summed E-state index contributed by atoms with van der Waals surface area (Å²) < 4.78 is 34.0. The maximum absolute atomic E-state index is 7.12. The largest absolute Gasteiger partial charge is 0.485 e. The first-order valence-corrected chi connectivity index (χ1v) is 28.0. The zero-order chi connectivity index (χ0) is 53.6. The summed E-state index contributed by atoms with van der Waals surface area (Å²) in [7, 11) is 0. The molecule has 0 saturated carbocycles. The van der Waals surface area contributed by atoms with Crippen molar-refractivity contribution in [3.63, 3.8) is 0 Å². The molecule has 384 valence electrons. The van der Waals surface area contributed by atoms with Gasteiger partial charge < -0.3 is 38.1 Å². The number of benzene rings is 11. The first kappa shape index (κ1) is 45.3. The number of anilines is 9. The summed E-state index contributed by atoms with van der Waals surface area (Å²) in [6.07, 6.45) is 8.47. The van der Waals surface area contributed by atoms with Crippen molar-refractivity contribution in [1.29, 1.82) is 0 Å². The third kappa shape index (κ3) is 6.75. The highest BCUT2D eigenvalue weighted by molar-refractivity contribution is 7.02. The SMILES string of the molecule is C1=CC2Oc3cc(Oc4cc5c6c(c4)N(c4ccccc4)c4cc7c(cc4B6c4ccccc4O5)B4c5ccccc5N(c5ccccc5)c5cc(Oc6ccc8c(c6)oc6ccccc68)cc(c54)N7c4ccccc4)ccc3C2C=C1. The normalized spacial score (nSPS) is 16.0. The van der Waals surface area contributed by atoms with Crippen molar-refractivity contribution in [2.24, 2.45) is 0 Å². The van der Waals surface area contributed by atoms with Crippen LogP contribution in [0.1, 0.15) is 11.5 Å². The maximum Gasteiger partial charge on any atom is 0.256 e. The van der Waals surface area contributed by atoms with Crippen molar-refractivity contribution in [1.82, 2.24) is 0 Å². The lowest BCUT2D eigenvalue weighted by Crippen LogP contribution is -2.64. The van der Waals surface area contributed by atoms with Gasteiger partial charge in [-0.05, 0) is 118 Å². The molecule has 5 aliphatic heterocycles. The summed E-state index contributed by atoms with van der Waals surface area (Å²) in [5.41, 5.74) is 19.1. The highest BCUT2D eigenvalue weighted by Crippen LogP contribution is 2.51. The van der Waals surface area contributed by atoms with Crippen LogP contribution in [0.3, 0.4) is 0 Å². The minimum atomic E-state index is -0.187. The Morgan fingerprint density at radius 2 is 0.902 bits per heavy atom. The maximum atomic E-state index is 7.12. The smallest absolute Gasteiger partial charge is 0.256 e. The number of rotatable bonds is 7. The molecule has 0 radical (unpaired) electrons. The van der Waals surface area contributed by atoms with E-state index < -0.39 is 0 Å². The summed E-state index contributed by atoms with van der Waals surface area (Å²) in [6, 6.07) is 83.9. The van der Waals surface area contributed by atoms with Gasteiger partial charge in [0.25, 0.3) is 13.4 Å². The lowest BCUT2D eigenvalue weighted by atomic mass is 9.30. The molecule has 1 aliphatic carbocycles. The number of allylic oxidation sites excluding steroid dienone is 2. The first-order chi connectivity index (χ1) is 40.6. The van der Waals surface area contributed by atoms with Crippen LogP contribution in [-0.4, -0.2) is 19.5 Å². The van der Waals surface area contributed by atoms with E-state index in [1.54, 1.807) is 0 Å². The summed E-state index contributed by atoms with van der Waals surface area (Å²) in [4.78, 5) is 7.28. The number of fused-ring (bicyclic) bond motifs is 14. The Morgan fingerprint density at radius 1 is 0.354 bits per heavy atom. The van der Waals surface area contributed by atoms with Crippen molar-refractivity contribution in [2.45, 2.75) is 12.0 Å². The highest BCUT2D eigenvalue weighted by Gasteiger charge is 2.48. The van der Waals surface area contributed by atoms with E-state index in [-0.39, 0.29) is 25.4 Å². The number of hydrogen-bond acceptors (Lipinski definition) is 8. The molecule has 8 nitrogen and oxygen atoms in total. The Balaban J connectivity index is 0.869. The Labute approximate surface area is 473 Å². The molecule has 0 saturated heterocycles. The zero-order valence-electron chi connectivity index (χ0n) is 44.0. The Morgan fingerprint density at radius 3 is 1.63 bits per heavy atom. The molecular weight excluding hydrogens is 1010 g/mol. The minimum absolute atomic E-state index is 0.0236. The van der Waals surface area contributed by atoms with Gasteiger partial charge in [0.05, 0.1) is 0 Å². The van der Waals surface area contributed by atoms with Gasteiger partial charge in [0.1, 0.15) is 57.5 Å². The molecule has 0 spiro atoms. The second-order valence-electron chi connectivity index (χ2n) is 21.8. The third-order valence-corrected chi connectivity index (χ3v) is 17.3. The highest BCUT2D eigenvalue weighted by atomic mass is 16.5. The molecule has 11 aromatic carbocycles. The first-order valence-electron chi connectivity index (χ1n) is 28.0. The number of nitrogens with zero attached hydrogens (tertiary/aromatic N) is 3. The predicted molar refractivity (Wildman–Crippen MR) is 332 cm³/mol. The van der Waals surface area contributed by atoms with E-state index >= 15 is 0 Å². The summed E-state index contributed by atoms with van der Waals surface area (Å²) in [5.74, 6) is 5.33. The van der Waals surface area contributed by atoms with Gasteiger partial charge >= 0.3 is 0 Å². The second-order valence-corrected chi connectivity index (χ2v) is 21.8. The van der Waals surface area contributed by atoms with Crippen LogP contribution in [-0.2, 0) is 0 Å². The van der Waals surface area contributed by atoms with E-state index in [4.69, 9.17) is 23.4 Å². The number of hydrogen-bond donors (Lipinski definition) is 0. The van der Waals surface area contributed by atoms with Crippen LogP contribution in [0.15, 0.2) is 265 Å². The lowest BCUT2D eigenvalue weighted by Gasteiger charge is -2.46. The van der Waals surface area contributed by atoms with E-state index in [0.29, 0.717) is 23.0 Å². The third-order valence-electron chi connectivity index (χ3n) is 17.3. The van der Waals surface area contributed by atoms with Gasteiger partial charge in [-0.25, -0.2) is 0 Å². The minimum Gasteiger partial charge on any atom is -0.485 e. The van der Waals surface area contributed by atoms with Crippen LogP contribution in [0, 0.1) is 0 Å². The topological polar surface area (TPSA) is 59.8 Å². The average Bonchev–Trinajstić information content (AvgIpc) is 3.58. The van der Waals surface area contributed by atoms with Gasteiger partial charge in [-0.1, -0.05) is 140 Å². The molecule has 0 bridgehead atoms. The van der Waals surface area contributed by atoms with E-state index in [0.717, 1.165) is 107 Å². The Bertz CT molecular complexity index is 4720. The summed E-state index contributed by atoms with van der Waals surface area (Å²) in [5, 5.41) is 2.13. The van der Waals surface area contributed by atoms with Gasteiger partial charge in [0.15, 0.2) is 0 Å². The fraction of sp³-hybridized carbons (Fsp3) is 0.0278. The fourth-order valence-corrected chi connectivity index (χ4v) is 13.9. The zero-order valence-corrected chi connectivity index (χ0v) is 44.0. The van der Waals surface area contributed by atoms with Crippen LogP contribution >= 0.6 is 0 Å². The van der Waals surface area contributed by atoms with Crippen molar-refractivity contribution in [3.05, 3.63) is 266 Å². The summed E-state index contributed by atoms with van der Waals surface area (Å²) >= 11 is 0. The quantitative estimate of drug-likeness (QED) is 0.146. The van der Waals surface area contributed by atoms with Crippen molar-refractivity contribution in [3.8, 4) is 40.2 Å². The molecule has 18 rings (SSSR count).